The Morgan fingerprint density at radius 3 is 2.68 bits per heavy atom. The molecule has 1 aromatic carbocycles. The van der Waals surface area contributed by atoms with E-state index >= 15 is 0 Å². The molecule has 6 nitrogen and oxygen atoms in total. The molecule has 0 aliphatic heterocycles. The summed E-state index contributed by atoms with van der Waals surface area (Å²) in [5.41, 5.74) is 0.519. The third-order valence-electron chi connectivity index (χ3n) is 3.44. The van der Waals surface area contributed by atoms with Gasteiger partial charge in [0.2, 0.25) is 0 Å². The first-order valence-electron chi connectivity index (χ1n) is 8.50. The summed E-state index contributed by atoms with van der Waals surface area (Å²) in [5.74, 6) is 0.304. The molecule has 0 fully saturated rings. The first-order valence-corrected chi connectivity index (χ1v) is 12.7. The van der Waals surface area contributed by atoms with Gasteiger partial charge in [0.25, 0.3) is 0 Å². The number of alkyl carbamates (subject to hydrolysis) is 1. The van der Waals surface area contributed by atoms with Crippen LogP contribution in [-0.2, 0) is 23.5 Å². The fourth-order valence-electron chi connectivity index (χ4n) is 2.32. The zero-order chi connectivity index (χ0) is 21.2. The van der Waals surface area contributed by atoms with Crippen molar-refractivity contribution in [3.63, 3.8) is 0 Å². The molecule has 0 aliphatic rings. The molecule has 28 heavy (non-hydrogen) atoms. The molecular weight excluding hydrogens is 581 g/mol. The summed E-state index contributed by atoms with van der Waals surface area (Å²) in [6.45, 7) is 5.33. The molecule has 0 aliphatic carbocycles. The Bertz CT molecular complexity index is 794. The van der Waals surface area contributed by atoms with E-state index in [1.54, 1.807) is 63.6 Å². The van der Waals surface area contributed by atoms with E-state index in [9.17, 15) is 9.90 Å². The van der Waals surface area contributed by atoms with Crippen molar-refractivity contribution < 1.29 is 33.4 Å². The van der Waals surface area contributed by atoms with Crippen LogP contribution in [0, 0.1) is 0 Å². The fourth-order valence-corrected chi connectivity index (χ4v) is 2.79. The van der Waals surface area contributed by atoms with Gasteiger partial charge in [0.05, 0.1) is 17.2 Å². The number of rotatable bonds is 6. The van der Waals surface area contributed by atoms with Gasteiger partial charge >= 0.3 is 34.3 Å². The van der Waals surface area contributed by atoms with Crippen LogP contribution in [0.1, 0.15) is 27.2 Å². The third kappa shape index (κ3) is 8.37. The van der Waals surface area contributed by atoms with Crippen molar-refractivity contribution in [2.75, 3.05) is 12.0 Å². The van der Waals surface area contributed by atoms with Crippen LogP contribution >= 0.6 is 21.2 Å². The molecule has 2 aromatic rings. The van der Waals surface area contributed by atoms with Gasteiger partial charge in [-0.1, -0.05) is 18.2 Å². The Morgan fingerprint density at radius 2 is 2.04 bits per heavy atom. The molecule has 1 aromatic heterocycles. The van der Waals surface area contributed by atoms with E-state index in [1.807, 2.05) is 30.5 Å². The van der Waals surface area contributed by atoms with Crippen molar-refractivity contribution in [3.05, 3.63) is 36.5 Å². The van der Waals surface area contributed by atoms with Crippen LogP contribution in [0.3, 0.4) is 0 Å². The Kier molecular flexibility index (Phi) is 10.9. The van der Waals surface area contributed by atoms with E-state index in [0.29, 0.717) is 17.6 Å². The Hall–Kier alpha value is -1.30. The number of aromatic nitrogens is 1. The number of nitrogens with one attached hydrogen (secondary N) is 1. The van der Waals surface area contributed by atoms with Gasteiger partial charge in [-0.05, 0) is 57.2 Å². The third-order valence-corrected chi connectivity index (χ3v) is 4.09. The van der Waals surface area contributed by atoms with Crippen molar-refractivity contribution >= 4 is 49.8 Å². The van der Waals surface area contributed by atoms with E-state index < -0.39 is 23.6 Å². The standard InChI is InChI=1S/C19H25N3O3S.ClH.Pt/c1-19(2,3)25-18(24)22-15(10-12-26-4)17(23)21-14-9-5-7-13-8-6-11-20-16(13)14;;/h5-9,11,15H,10,12H2,1-4H3,(H,21,23)(H,22,24);1H;/q;;+2/p-2/t15-;;/m0../s1. The number of halogens is 1. The molecule has 0 saturated heterocycles. The first kappa shape index (κ1) is 24.7. The van der Waals surface area contributed by atoms with Crippen molar-refractivity contribution in [3.8, 4) is 0 Å². The Balaban J connectivity index is 0.00000190. The number of carbonyl (C=O) groups is 1. The van der Waals surface area contributed by atoms with Gasteiger partial charge in [0, 0.05) is 11.6 Å². The molecule has 9 heteroatoms. The predicted molar refractivity (Wildman–Crippen MR) is 111 cm³/mol. The number of amides is 1. The maximum absolute atomic E-state index is 12.7. The number of para-hydroxylation sites is 1. The van der Waals surface area contributed by atoms with Crippen LogP contribution in [0.4, 0.5) is 10.5 Å². The van der Waals surface area contributed by atoms with Gasteiger partial charge in [-0.25, -0.2) is 4.79 Å². The molecule has 0 radical (unpaired) electrons. The van der Waals surface area contributed by atoms with Crippen molar-refractivity contribution in [1.82, 2.24) is 10.3 Å². The van der Waals surface area contributed by atoms with E-state index in [4.69, 9.17) is 4.74 Å². The number of thioether (sulfide) groups is 1. The van der Waals surface area contributed by atoms with Crippen LogP contribution in [0.5, 0.6) is 0 Å². The van der Waals surface area contributed by atoms with Crippen LogP contribution < -0.4 is 10.4 Å². The molecule has 0 bridgehead atoms. The fraction of sp³-hybridized carbons (Fsp3) is 0.421. The summed E-state index contributed by atoms with van der Waals surface area (Å²) in [7, 11) is 4.61. The molecule has 1 atom stereocenters. The number of ether oxygens (including phenoxy) is 1. The quantitative estimate of drug-likeness (QED) is 0.399. The number of carbonyl (C=O) groups excluding carboxylic acids is 1. The number of hydrogen-bond donors (Lipinski definition) is 1. The second-order valence-corrected chi connectivity index (χ2v) is 7.77. The van der Waals surface area contributed by atoms with Crippen molar-refractivity contribution in [2.45, 2.75) is 38.8 Å². The molecular formula is C19H24ClN3O3PtS. The molecule has 0 unspecified atom stereocenters. The summed E-state index contributed by atoms with van der Waals surface area (Å²) in [6, 6.07) is 8.49. The average Bonchev–Trinajstić information content (AvgIpc) is 2.65. The van der Waals surface area contributed by atoms with E-state index in [0.717, 1.165) is 11.1 Å². The zero-order valence-corrected chi connectivity index (χ0v) is 20.0. The second-order valence-electron chi connectivity index (χ2n) is 6.78. The average molecular weight is 605 g/mol. The zero-order valence-electron chi connectivity index (χ0n) is 16.2. The number of aliphatic imine (C=N–C) groups is 1. The summed E-state index contributed by atoms with van der Waals surface area (Å²) in [5, 5.41) is 16.2. The summed E-state index contributed by atoms with van der Waals surface area (Å²) >= 11 is 3.21. The number of pyridine rings is 1. The number of fused-ring (bicyclic) bond motifs is 1. The number of nitrogens with zero attached hydrogens (tertiary/aromatic N) is 2. The molecule has 1 amide bonds. The minimum absolute atomic E-state index is 0.414. The van der Waals surface area contributed by atoms with Crippen LogP contribution in [0.2, 0.25) is 0 Å². The van der Waals surface area contributed by atoms with Gasteiger partial charge in [0.15, 0.2) is 0 Å². The number of hydrogen-bond acceptors (Lipinski definition) is 6. The maximum atomic E-state index is 12.7. The SMILES string of the molecule is CSCC[C@H](NC(=O)OC(C)(C)C)C([O-])=Nc1cccc2cccnc12.[Cl][Pt+]. The Labute approximate surface area is 185 Å². The van der Waals surface area contributed by atoms with Gasteiger partial charge in [0.1, 0.15) is 5.60 Å². The molecule has 0 spiro atoms. The predicted octanol–water partition coefficient (Wildman–Crippen LogP) is 3.96. The van der Waals surface area contributed by atoms with Gasteiger partial charge in [-0.3, -0.25) is 9.98 Å². The van der Waals surface area contributed by atoms with Gasteiger partial charge < -0.3 is 15.2 Å². The first-order chi connectivity index (χ1) is 13.3. The molecule has 2 rings (SSSR count). The second kappa shape index (κ2) is 12.3. The van der Waals surface area contributed by atoms with Crippen LogP contribution in [-0.4, -0.2) is 40.6 Å². The summed E-state index contributed by atoms with van der Waals surface area (Å²) in [6.07, 6.45) is 3.46. The molecule has 1 N–H and O–H groups in total. The van der Waals surface area contributed by atoms with E-state index in [2.05, 4.69) is 24.7 Å². The van der Waals surface area contributed by atoms with Crippen molar-refractivity contribution in [2.24, 2.45) is 4.99 Å². The van der Waals surface area contributed by atoms with Crippen LogP contribution in [0.25, 0.3) is 10.9 Å². The van der Waals surface area contributed by atoms with Crippen molar-refractivity contribution in [1.29, 1.82) is 0 Å². The van der Waals surface area contributed by atoms with E-state index in [-0.39, 0.29) is 0 Å². The minimum atomic E-state index is -0.740. The van der Waals surface area contributed by atoms with Gasteiger partial charge in [-0.2, -0.15) is 11.8 Å². The molecule has 156 valence electrons. The normalized spacial score (nSPS) is 12.8. The Morgan fingerprint density at radius 1 is 1.36 bits per heavy atom. The van der Waals surface area contributed by atoms with E-state index in [1.165, 1.54) is 0 Å². The summed E-state index contributed by atoms with van der Waals surface area (Å²) < 4.78 is 5.26. The van der Waals surface area contributed by atoms with Gasteiger partial charge in [-0.15, -0.1) is 0 Å². The monoisotopic (exact) mass is 604 g/mol. The topological polar surface area (TPSA) is 86.6 Å². The molecule has 1 heterocycles. The number of benzene rings is 1. The van der Waals surface area contributed by atoms with Crippen LogP contribution in [0.15, 0.2) is 41.5 Å². The molecule has 0 saturated carbocycles. The summed E-state index contributed by atoms with van der Waals surface area (Å²) in [4.78, 5) is 20.6.